The molecule has 31 heavy (non-hydrogen) atoms. The average molecular weight is 415 g/mol. The molecule has 1 aliphatic heterocycles. The van der Waals surface area contributed by atoms with Crippen molar-refractivity contribution in [2.75, 3.05) is 32.8 Å². The number of hydrogen-bond acceptors (Lipinski definition) is 4. The predicted octanol–water partition coefficient (Wildman–Crippen LogP) is 3.10. The molecule has 158 valence electrons. The summed E-state index contributed by atoms with van der Waals surface area (Å²) in [5.74, 6) is 0.660. The summed E-state index contributed by atoms with van der Waals surface area (Å²) in [6, 6.07) is 23.4. The number of nitrogens with one attached hydrogen (secondary N) is 1. The van der Waals surface area contributed by atoms with E-state index in [1.165, 1.54) is 22.3 Å². The zero-order chi connectivity index (χ0) is 21.2. The number of hydrogen-bond donors (Lipinski definition) is 2. The summed E-state index contributed by atoms with van der Waals surface area (Å²) in [4.78, 5) is 1.60. The highest BCUT2D eigenvalue weighted by atomic mass is 16.5. The topological polar surface area (TPSA) is 49.5 Å². The largest absolute Gasteiger partial charge is 0.504 e. The van der Waals surface area contributed by atoms with Gasteiger partial charge in [0.1, 0.15) is 6.04 Å². The number of ether oxygens (including phenoxy) is 1. The van der Waals surface area contributed by atoms with Crippen molar-refractivity contribution in [3.63, 3.8) is 0 Å². The zero-order valence-electron chi connectivity index (χ0n) is 17.8. The third kappa shape index (κ3) is 3.77. The van der Waals surface area contributed by atoms with E-state index in [1.807, 2.05) is 25.3 Å². The number of hydrazone groups is 1. The fourth-order valence-corrected chi connectivity index (χ4v) is 4.81. The summed E-state index contributed by atoms with van der Waals surface area (Å²) in [6.45, 7) is 6.36. The maximum absolute atomic E-state index is 9.87. The Balaban J connectivity index is 1.28. The first-order valence-electron chi connectivity index (χ1n) is 11.0. The fourth-order valence-electron chi connectivity index (χ4n) is 4.81. The molecule has 2 N–H and O–H groups in total. The standard InChI is InChI=1S/C26H27N3O2/c1-2-31-25-17-19(11-12-24(25)30)18-27-29-15-13-28(14-16-29)26-22-9-5-3-7-20(22)21-8-4-6-10-23(21)26/h3-12,17-18,26,30H,2,13-16H2,1H3/p+1/b27-18+. The van der Waals surface area contributed by atoms with E-state index in [2.05, 4.69) is 53.5 Å². The summed E-state index contributed by atoms with van der Waals surface area (Å²) >= 11 is 0. The van der Waals surface area contributed by atoms with Gasteiger partial charge in [-0.3, -0.25) is 5.01 Å². The van der Waals surface area contributed by atoms with Crippen LogP contribution >= 0.6 is 0 Å². The number of phenolic OH excluding ortho intramolecular Hbond substituents is 1. The molecular formula is C26H28N3O2+. The Morgan fingerprint density at radius 1 is 1.00 bits per heavy atom. The Hall–Kier alpha value is -3.31. The molecule has 0 radical (unpaired) electrons. The van der Waals surface area contributed by atoms with Crippen LogP contribution < -0.4 is 9.64 Å². The van der Waals surface area contributed by atoms with E-state index in [-0.39, 0.29) is 5.75 Å². The quantitative estimate of drug-likeness (QED) is 0.631. The first-order valence-corrected chi connectivity index (χ1v) is 11.0. The average Bonchev–Trinajstić information content (AvgIpc) is 3.15. The summed E-state index contributed by atoms with van der Waals surface area (Å²) < 4.78 is 5.47. The second-order valence-electron chi connectivity index (χ2n) is 8.12. The molecule has 2 aliphatic rings. The minimum atomic E-state index is 0.161. The minimum absolute atomic E-state index is 0.161. The van der Waals surface area contributed by atoms with Crippen molar-refractivity contribution < 1.29 is 14.7 Å². The van der Waals surface area contributed by atoms with E-state index in [4.69, 9.17) is 9.84 Å². The monoisotopic (exact) mass is 414 g/mol. The van der Waals surface area contributed by atoms with Gasteiger partial charge in [0.05, 0.1) is 39.0 Å². The molecule has 5 rings (SSSR count). The number of fused-ring (bicyclic) bond motifs is 3. The number of rotatable bonds is 5. The van der Waals surface area contributed by atoms with E-state index < -0.39 is 0 Å². The van der Waals surface area contributed by atoms with Gasteiger partial charge in [-0.2, -0.15) is 5.10 Å². The molecule has 0 aromatic heterocycles. The van der Waals surface area contributed by atoms with Crippen molar-refractivity contribution in [2.45, 2.75) is 13.0 Å². The van der Waals surface area contributed by atoms with E-state index in [9.17, 15) is 5.11 Å². The van der Waals surface area contributed by atoms with Gasteiger partial charge in [-0.05, 0) is 41.8 Å². The van der Waals surface area contributed by atoms with Gasteiger partial charge in [-0.25, -0.2) is 0 Å². The number of aromatic hydroxyl groups is 1. The van der Waals surface area contributed by atoms with Crippen LogP contribution in [0.4, 0.5) is 0 Å². The lowest BCUT2D eigenvalue weighted by Crippen LogP contribution is -3.14. The molecule has 0 bridgehead atoms. The Bertz CT molecular complexity index is 1060. The molecule has 5 heteroatoms. The van der Waals surface area contributed by atoms with E-state index >= 15 is 0 Å². The van der Waals surface area contributed by atoms with Gasteiger partial charge in [-0.15, -0.1) is 0 Å². The second kappa shape index (κ2) is 8.44. The van der Waals surface area contributed by atoms with Crippen LogP contribution in [0.15, 0.2) is 71.8 Å². The SMILES string of the molecule is CCOc1cc(/C=N/N2CC[NH+](C3c4ccccc4-c4ccccc43)CC2)ccc1O. The van der Waals surface area contributed by atoms with Gasteiger partial charge in [0, 0.05) is 11.1 Å². The summed E-state index contributed by atoms with van der Waals surface area (Å²) in [5.41, 5.74) is 6.59. The summed E-state index contributed by atoms with van der Waals surface area (Å²) in [5, 5.41) is 16.7. The molecule has 3 aromatic carbocycles. The van der Waals surface area contributed by atoms with Crippen molar-refractivity contribution in [1.82, 2.24) is 5.01 Å². The van der Waals surface area contributed by atoms with Crippen molar-refractivity contribution in [3.8, 4) is 22.6 Å². The van der Waals surface area contributed by atoms with Crippen LogP contribution in [0.3, 0.4) is 0 Å². The Morgan fingerprint density at radius 2 is 1.65 bits per heavy atom. The molecule has 5 nitrogen and oxygen atoms in total. The van der Waals surface area contributed by atoms with E-state index in [0.29, 0.717) is 18.4 Å². The number of nitrogens with zero attached hydrogens (tertiary/aromatic N) is 2. The second-order valence-corrected chi connectivity index (χ2v) is 8.12. The van der Waals surface area contributed by atoms with Gasteiger partial charge < -0.3 is 14.7 Å². The molecule has 1 heterocycles. The fraction of sp³-hybridized carbons (Fsp3) is 0.269. The van der Waals surface area contributed by atoms with Crippen molar-refractivity contribution in [3.05, 3.63) is 83.4 Å². The molecule has 1 fully saturated rings. The van der Waals surface area contributed by atoms with Crippen molar-refractivity contribution in [1.29, 1.82) is 0 Å². The molecule has 1 saturated heterocycles. The lowest BCUT2D eigenvalue weighted by molar-refractivity contribution is -0.929. The zero-order valence-corrected chi connectivity index (χ0v) is 17.8. The molecule has 3 aromatic rings. The van der Waals surface area contributed by atoms with Crippen LogP contribution in [0.25, 0.3) is 11.1 Å². The highest BCUT2D eigenvalue weighted by Gasteiger charge is 2.37. The molecular weight excluding hydrogens is 386 g/mol. The van der Waals surface area contributed by atoms with Gasteiger partial charge in [0.15, 0.2) is 11.5 Å². The normalized spacial score (nSPS) is 16.5. The van der Waals surface area contributed by atoms with Crippen molar-refractivity contribution >= 4 is 6.21 Å². The van der Waals surface area contributed by atoms with Gasteiger partial charge in [-0.1, -0.05) is 48.5 Å². The molecule has 0 unspecified atom stereocenters. The third-order valence-electron chi connectivity index (χ3n) is 6.28. The molecule has 0 atom stereocenters. The van der Waals surface area contributed by atoms with E-state index in [1.54, 1.807) is 11.0 Å². The van der Waals surface area contributed by atoms with Crippen LogP contribution in [0.1, 0.15) is 29.7 Å². The maximum atomic E-state index is 9.87. The number of phenols is 1. The third-order valence-corrected chi connectivity index (χ3v) is 6.28. The Kier molecular flexibility index (Phi) is 5.35. The first kappa shape index (κ1) is 19.6. The summed E-state index contributed by atoms with van der Waals surface area (Å²) in [6.07, 6.45) is 1.85. The maximum Gasteiger partial charge on any atom is 0.161 e. The lowest BCUT2D eigenvalue weighted by atomic mass is 10.0. The van der Waals surface area contributed by atoms with Crippen LogP contribution in [0, 0.1) is 0 Å². The molecule has 1 aliphatic carbocycles. The summed E-state index contributed by atoms with van der Waals surface area (Å²) in [7, 11) is 0. The molecule has 0 saturated carbocycles. The Labute approximate surface area is 183 Å². The molecule has 0 amide bonds. The van der Waals surface area contributed by atoms with Crippen LogP contribution in [-0.4, -0.2) is 49.1 Å². The van der Waals surface area contributed by atoms with E-state index in [0.717, 1.165) is 31.7 Å². The lowest BCUT2D eigenvalue weighted by Gasteiger charge is -2.34. The number of piperazine rings is 1. The number of benzene rings is 3. The van der Waals surface area contributed by atoms with Crippen molar-refractivity contribution in [2.24, 2.45) is 5.10 Å². The van der Waals surface area contributed by atoms with Gasteiger partial charge in [0.25, 0.3) is 0 Å². The van der Waals surface area contributed by atoms with Gasteiger partial charge in [0.2, 0.25) is 0 Å². The minimum Gasteiger partial charge on any atom is -0.504 e. The first-order chi connectivity index (χ1) is 15.2. The predicted molar refractivity (Wildman–Crippen MR) is 123 cm³/mol. The van der Waals surface area contributed by atoms with Crippen LogP contribution in [0.5, 0.6) is 11.5 Å². The smallest absolute Gasteiger partial charge is 0.161 e. The van der Waals surface area contributed by atoms with Crippen LogP contribution in [-0.2, 0) is 0 Å². The highest BCUT2D eigenvalue weighted by molar-refractivity contribution is 5.80. The highest BCUT2D eigenvalue weighted by Crippen LogP contribution is 2.41. The molecule has 0 spiro atoms. The Morgan fingerprint density at radius 3 is 2.29 bits per heavy atom. The number of quaternary nitrogens is 1. The van der Waals surface area contributed by atoms with Gasteiger partial charge >= 0.3 is 0 Å². The van der Waals surface area contributed by atoms with Crippen LogP contribution in [0.2, 0.25) is 0 Å².